The molecule has 21 heavy (non-hydrogen) atoms. The van der Waals surface area contributed by atoms with Gasteiger partial charge in [-0.05, 0) is 31.2 Å². The quantitative estimate of drug-likeness (QED) is 0.432. The number of thioether (sulfide) groups is 1. The van der Waals surface area contributed by atoms with Crippen molar-refractivity contribution in [1.29, 1.82) is 0 Å². The molecule has 6 heteroatoms. The molecule has 0 spiro atoms. The summed E-state index contributed by atoms with van der Waals surface area (Å²) in [6.45, 7) is 6.57. The summed E-state index contributed by atoms with van der Waals surface area (Å²) < 4.78 is 7.07. The van der Waals surface area contributed by atoms with Gasteiger partial charge in [0, 0.05) is 16.6 Å². The predicted octanol–water partition coefficient (Wildman–Crippen LogP) is 4.24. The molecule has 1 saturated heterocycles. The van der Waals surface area contributed by atoms with Crippen LogP contribution in [0.15, 0.2) is 40.2 Å². The molecule has 0 aliphatic carbocycles. The standard InChI is InChI=1S/C15H14BrNO2S2/c1-3-7-17-14(18)13(21-15(17)20)9-10-8-11(16)5-6-12(10)19-4-2/h3,5-6,8-9H,1,4,7H2,2H3/b13-9-. The number of carbonyl (C=O) groups excluding carboxylic acids is 1. The number of amides is 1. The zero-order chi connectivity index (χ0) is 15.4. The normalized spacial score (nSPS) is 16.7. The molecule has 0 saturated carbocycles. The van der Waals surface area contributed by atoms with Gasteiger partial charge in [-0.2, -0.15) is 0 Å². The fourth-order valence-corrected chi connectivity index (χ4v) is 3.49. The summed E-state index contributed by atoms with van der Waals surface area (Å²) in [4.78, 5) is 14.5. The summed E-state index contributed by atoms with van der Waals surface area (Å²) >= 11 is 9.96. The first-order valence-electron chi connectivity index (χ1n) is 6.35. The maximum absolute atomic E-state index is 12.3. The van der Waals surface area contributed by atoms with Gasteiger partial charge in [0.05, 0.1) is 11.5 Å². The van der Waals surface area contributed by atoms with Crippen LogP contribution < -0.4 is 4.74 Å². The van der Waals surface area contributed by atoms with Crippen LogP contribution in [-0.2, 0) is 4.79 Å². The van der Waals surface area contributed by atoms with Gasteiger partial charge in [-0.25, -0.2) is 0 Å². The molecule has 1 amide bonds. The third-order valence-electron chi connectivity index (χ3n) is 2.74. The molecule has 0 N–H and O–H groups in total. The fraction of sp³-hybridized carbons (Fsp3) is 0.200. The molecular weight excluding hydrogens is 370 g/mol. The Morgan fingerprint density at radius 1 is 1.52 bits per heavy atom. The van der Waals surface area contributed by atoms with Crippen LogP contribution in [0.2, 0.25) is 0 Å². The van der Waals surface area contributed by atoms with E-state index < -0.39 is 0 Å². The lowest BCUT2D eigenvalue weighted by molar-refractivity contribution is -0.121. The van der Waals surface area contributed by atoms with Crippen molar-refractivity contribution >= 4 is 56.2 Å². The van der Waals surface area contributed by atoms with Crippen molar-refractivity contribution in [3.8, 4) is 5.75 Å². The lowest BCUT2D eigenvalue weighted by Gasteiger charge is -2.10. The lowest BCUT2D eigenvalue weighted by atomic mass is 10.2. The number of benzene rings is 1. The molecule has 0 aromatic heterocycles. The van der Waals surface area contributed by atoms with E-state index in [9.17, 15) is 4.79 Å². The Labute approximate surface area is 142 Å². The summed E-state index contributed by atoms with van der Waals surface area (Å²) in [7, 11) is 0. The zero-order valence-corrected chi connectivity index (χ0v) is 14.7. The number of hydrogen-bond acceptors (Lipinski definition) is 4. The van der Waals surface area contributed by atoms with Crippen molar-refractivity contribution in [3.63, 3.8) is 0 Å². The van der Waals surface area contributed by atoms with Crippen molar-refractivity contribution in [2.24, 2.45) is 0 Å². The molecule has 3 nitrogen and oxygen atoms in total. The first-order chi connectivity index (χ1) is 10.1. The van der Waals surface area contributed by atoms with Gasteiger partial charge in [-0.3, -0.25) is 9.69 Å². The Morgan fingerprint density at radius 2 is 2.29 bits per heavy atom. The Morgan fingerprint density at radius 3 is 2.95 bits per heavy atom. The van der Waals surface area contributed by atoms with Crippen molar-refractivity contribution < 1.29 is 9.53 Å². The van der Waals surface area contributed by atoms with E-state index >= 15 is 0 Å². The third kappa shape index (κ3) is 3.75. The van der Waals surface area contributed by atoms with Crippen molar-refractivity contribution in [2.45, 2.75) is 6.92 Å². The first-order valence-corrected chi connectivity index (χ1v) is 8.37. The Bertz CT molecular complexity index is 628. The number of nitrogens with zero attached hydrogens (tertiary/aromatic N) is 1. The molecular formula is C15H14BrNO2S2. The SMILES string of the molecule is C=CCN1C(=O)/C(=C/c2cc(Br)ccc2OCC)SC1=S. The van der Waals surface area contributed by atoms with Crippen LogP contribution in [0.25, 0.3) is 6.08 Å². The second kappa shape index (κ2) is 7.24. The summed E-state index contributed by atoms with van der Waals surface area (Å²) in [5.74, 6) is 0.655. The maximum atomic E-state index is 12.3. The Hall–Kier alpha value is -1.11. The smallest absolute Gasteiger partial charge is 0.266 e. The van der Waals surface area contributed by atoms with E-state index in [1.54, 1.807) is 6.08 Å². The maximum Gasteiger partial charge on any atom is 0.266 e. The highest BCUT2D eigenvalue weighted by atomic mass is 79.9. The Kier molecular flexibility index (Phi) is 5.61. The molecule has 1 aromatic carbocycles. The van der Waals surface area contributed by atoms with Crippen LogP contribution in [0, 0.1) is 0 Å². The number of halogens is 1. The molecule has 110 valence electrons. The molecule has 1 fully saturated rings. The van der Waals surface area contributed by atoms with E-state index in [-0.39, 0.29) is 5.91 Å². The largest absolute Gasteiger partial charge is 0.493 e. The summed E-state index contributed by atoms with van der Waals surface area (Å²) in [6, 6.07) is 5.71. The van der Waals surface area contributed by atoms with Crippen LogP contribution in [0.4, 0.5) is 0 Å². The minimum atomic E-state index is -0.0904. The molecule has 1 aliphatic rings. The van der Waals surface area contributed by atoms with E-state index in [2.05, 4.69) is 22.5 Å². The molecule has 0 unspecified atom stereocenters. The Balaban J connectivity index is 2.36. The van der Waals surface area contributed by atoms with Gasteiger partial charge in [0.25, 0.3) is 5.91 Å². The van der Waals surface area contributed by atoms with Gasteiger partial charge >= 0.3 is 0 Å². The molecule has 1 aromatic rings. The average molecular weight is 384 g/mol. The second-order valence-electron chi connectivity index (χ2n) is 4.20. The number of ether oxygens (including phenoxy) is 1. The van der Waals surface area contributed by atoms with E-state index in [0.29, 0.717) is 22.4 Å². The van der Waals surface area contributed by atoms with Crippen LogP contribution >= 0.6 is 39.9 Å². The predicted molar refractivity (Wildman–Crippen MR) is 95.4 cm³/mol. The van der Waals surface area contributed by atoms with Crippen molar-refractivity contribution in [1.82, 2.24) is 4.90 Å². The molecule has 2 rings (SSSR count). The first kappa shape index (κ1) is 16.3. The highest BCUT2D eigenvalue weighted by Crippen LogP contribution is 2.34. The molecule has 1 heterocycles. The van der Waals surface area contributed by atoms with Crippen molar-refractivity contribution in [2.75, 3.05) is 13.2 Å². The van der Waals surface area contributed by atoms with Gasteiger partial charge in [-0.15, -0.1) is 6.58 Å². The lowest BCUT2D eigenvalue weighted by Crippen LogP contribution is -2.27. The van der Waals surface area contributed by atoms with Gasteiger partial charge < -0.3 is 4.74 Å². The second-order valence-corrected chi connectivity index (χ2v) is 6.79. The molecule has 1 aliphatic heterocycles. The van der Waals surface area contributed by atoms with Gasteiger partial charge in [0.15, 0.2) is 0 Å². The monoisotopic (exact) mass is 383 g/mol. The number of hydrogen-bond donors (Lipinski definition) is 0. The van der Waals surface area contributed by atoms with E-state index in [4.69, 9.17) is 17.0 Å². The summed E-state index contributed by atoms with van der Waals surface area (Å²) in [5, 5.41) is 0. The summed E-state index contributed by atoms with van der Waals surface area (Å²) in [5.41, 5.74) is 0.852. The average Bonchev–Trinajstić information content (AvgIpc) is 2.70. The van der Waals surface area contributed by atoms with Gasteiger partial charge in [0.1, 0.15) is 10.1 Å². The van der Waals surface area contributed by atoms with Crippen LogP contribution in [0.5, 0.6) is 5.75 Å². The summed E-state index contributed by atoms with van der Waals surface area (Å²) in [6.07, 6.45) is 3.48. The minimum Gasteiger partial charge on any atom is -0.493 e. The van der Waals surface area contributed by atoms with E-state index in [1.165, 1.54) is 16.7 Å². The number of carbonyl (C=O) groups is 1. The van der Waals surface area contributed by atoms with Crippen LogP contribution in [0.1, 0.15) is 12.5 Å². The van der Waals surface area contributed by atoms with Gasteiger partial charge in [-0.1, -0.05) is 46.0 Å². The number of thiocarbonyl (C=S) groups is 1. The van der Waals surface area contributed by atoms with Crippen LogP contribution in [0.3, 0.4) is 0 Å². The van der Waals surface area contributed by atoms with E-state index in [1.807, 2.05) is 31.2 Å². The highest BCUT2D eigenvalue weighted by molar-refractivity contribution is 9.10. The van der Waals surface area contributed by atoms with Crippen molar-refractivity contribution in [3.05, 3.63) is 45.8 Å². The highest BCUT2D eigenvalue weighted by Gasteiger charge is 2.31. The third-order valence-corrected chi connectivity index (χ3v) is 4.61. The van der Waals surface area contributed by atoms with Crippen LogP contribution in [-0.4, -0.2) is 28.3 Å². The topological polar surface area (TPSA) is 29.5 Å². The molecule has 0 bridgehead atoms. The molecule has 0 atom stereocenters. The van der Waals surface area contributed by atoms with E-state index in [0.717, 1.165) is 15.8 Å². The zero-order valence-electron chi connectivity index (χ0n) is 11.5. The molecule has 0 radical (unpaired) electrons. The minimum absolute atomic E-state index is 0.0904. The fourth-order valence-electron chi connectivity index (χ4n) is 1.85. The number of rotatable bonds is 5. The van der Waals surface area contributed by atoms with Gasteiger partial charge in [0.2, 0.25) is 0 Å².